The lowest BCUT2D eigenvalue weighted by Gasteiger charge is -1.95. The summed E-state index contributed by atoms with van der Waals surface area (Å²) in [5.74, 6) is -2.32. The summed E-state index contributed by atoms with van der Waals surface area (Å²) in [6, 6.07) is 7.41. The minimum Gasteiger partial charge on any atom is -0.498 e. The normalized spacial score (nSPS) is 11.3. The van der Waals surface area contributed by atoms with Gasteiger partial charge in [0.1, 0.15) is 12.1 Å². The van der Waals surface area contributed by atoms with Crippen molar-refractivity contribution in [3.63, 3.8) is 0 Å². The molecule has 0 aliphatic carbocycles. The van der Waals surface area contributed by atoms with Crippen LogP contribution in [0.4, 0.5) is 11.4 Å². The number of non-ortho nitro benzene ring substituents is 1. The molecule has 1 aromatic rings. The number of nitriles is 2. The zero-order valence-corrected chi connectivity index (χ0v) is 9.72. The van der Waals surface area contributed by atoms with Gasteiger partial charge in [0.25, 0.3) is 11.5 Å². The number of azo groups is 1. The standard InChI is InChI=1S/C11H5N5O4/c12-5-9(17)11(10(18)6-13)15-14-7-2-1-3-8(4-7)16(19)20/h1-4,17H/b11-9-,15-14?. The number of nitro groups is 1. The lowest BCUT2D eigenvalue weighted by molar-refractivity contribution is -0.384. The number of Topliss-reactive ketones (excluding diaryl/α,β-unsaturated/α-hetero) is 1. The van der Waals surface area contributed by atoms with Crippen molar-refractivity contribution in [1.29, 1.82) is 10.5 Å². The van der Waals surface area contributed by atoms with E-state index in [1.807, 2.05) is 0 Å². The molecule has 0 aliphatic heterocycles. The molecule has 0 saturated heterocycles. The van der Waals surface area contributed by atoms with Crippen LogP contribution in [0.25, 0.3) is 0 Å². The van der Waals surface area contributed by atoms with Gasteiger partial charge in [0.2, 0.25) is 5.76 Å². The minimum atomic E-state index is -1.25. The van der Waals surface area contributed by atoms with Crippen molar-refractivity contribution in [1.82, 2.24) is 0 Å². The van der Waals surface area contributed by atoms with Crippen LogP contribution in [0.5, 0.6) is 0 Å². The van der Waals surface area contributed by atoms with Gasteiger partial charge in [-0.25, -0.2) is 0 Å². The second-order valence-corrected chi connectivity index (χ2v) is 3.23. The summed E-state index contributed by atoms with van der Waals surface area (Å²) >= 11 is 0. The van der Waals surface area contributed by atoms with E-state index < -0.39 is 22.2 Å². The van der Waals surface area contributed by atoms with E-state index in [1.54, 1.807) is 0 Å². The topological polar surface area (TPSA) is 153 Å². The van der Waals surface area contributed by atoms with Crippen LogP contribution in [0.1, 0.15) is 0 Å². The van der Waals surface area contributed by atoms with E-state index in [0.717, 1.165) is 6.07 Å². The molecule has 0 saturated carbocycles. The van der Waals surface area contributed by atoms with Gasteiger partial charge >= 0.3 is 0 Å². The van der Waals surface area contributed by atoms with Gasteiger partial charge in [0, 0.05) is 12.1 Å². The highest BCUT2D eigenvalue weighted by atomic mass is 16.6. The van der Waals surface area contributed by atoms with Crippen molar-refractivity contribution >= 4 is 17.2 Å². The number of carbonyl (C=O) groups excluding carboxylic acids is 1. The first-order chi connectivity index (χ1) is 9.49. The summed E-state index contributed by atoms with van der Waals surface area (Å²) in [4.78, 5) is 21.0. The van der Waals surface area contributed by atoms with Gasteiger partial charge in [-0.15, -0.1) is 10.2 Å². The molecule has 1 rings (SSSR count). The van der Waals surface area contributed by atoms with Crippen molar-refractivity contribution in [2.45, 2.75) is 0 Å². The number of nitro benzene ring substituents is 1. The number of benzene rings is 1. The van der Waals surface area contributed by atoms with Gasteiger partial charge < -0.3 is 5.11 Å². The Bertz CT molecular complexity index is 708. The van der Waals surface area contributed by atoms with Gasteiger partial charge in [-0.2, -0.15) is 10.5 Å². The number of aliphatic hydroxyl groups excluding tert-OH is 1. The maximum absolute atomic E-state index is 11.1. The number of aliphatic hydroxyl groups is 1. The van der Waals surface area contributed by atoms with Crippen molar-refractivity contribution < 1.29 is 14.8 Å². The third-order valence-electron chi connectivity index (χ3n) is 1.95. The highest BCUT2D eigenvalue weighted by Gasteiger charge is 2.14. The number of rotatable bonds is 4. The van der Waals surface area contributed by atoms with Gasteiger partial charge in [0.05, 0.1) is 10.6 Å². The fourth-order valence-corrected chi connectivity index (χ4v) is 1.08. The third-order valence-corrected chi connectivity index (χ3v) is 1.95. The summed E-state index contributed by atoms with van der Waals surface area (Å²) in [6.07, 6.45) is 0. The predicted octanol–water partition coefficient (Wildman–Crippen LogP) is 2.06. The molecule has 9 nitrogen and oxygen atoms in total. The quantitative estimate of drug-likeness (QED) is 0.129. The van der Waals surface area contributed by atoms with Crippen molar-refractivity contribution in [2.24, 2.45) is 10.2 Å². The van der Waals surface area contributed by atoms with E-state index in [-0.39, 0.29) is 11.4 Å². The summed E-state index contributed by atoms with van der Waals surface area (Å²) in [5.41, 5.74) is -1.06. The van der Waals surface area contributed by atoms with E-state index in [4.69, 9.17) is 15.6 Å². The smallest absolute Gasteiger partial charge is 0.286 e. The Kier molecular flexibility index (Phi) is 4.61. The molecule has 0 aliphatic rings. The Morgan fingerprint density at radius 1 is 1.35 bits per heavy atom. The molecule has 0 radical (unpaired) electrons. The SMILES string of the molecule is N#CC(=O)/C(N=Nc1cccc([N+](=O)[O-])c1)=C(/O)C#N. The third kappa shape index (κ3) is 3.45. The van der Waals surface area contributed by atoms with Gasteiger partial charge in [-0.05, 0) is 6.07 Å². The Morgan fingerprint density at radius 2 is 2.05 bits per heavy atom. The monoisotopic (exact) mass is 271 g/mol. The second-order valence-electron chi connectivity index (χ2n) is 3.23. The van der Waals surface area contributed by atoms with Crippen molar-refractivity contribution in [3.05, 3.63) is 45.8 Å². The molecule has 0 bridgehead atoms. The molecular weight excluding hydrogens is 266 g/mol. The molecule has 0 spiro atoms. The molecule has 0 aromatic heterocycles. The number of carbonyl (C=O) groups is 1. The number of allylic oxidation sites excluding steroid dienone is 2. The molecular formula is C11H5N5O4. The number of hydrogen-bond donors (Lipinski definition) is 1. The van der Waals surface area contributed by atoms with E-state index in [9.17, 15) is 14.9 Å². The number of nitrogens with zero attached hydrogens (tertiary/aromatic N) is 5. The zero-order chi connectivity index (χ0) is 15.1. The number of hydrogen-bond acceptors (Lipinski definition) is 8. The Balaban J connectivity index is 3.17. The molecule has 0 atom stereocenters. The first-order valence-corrected chi connectivity index (χ1v) is 4.93. The molecule has 0 unspecified atom stereocenters. The number of ketones is 1. The Hall–Kier alpha value is -3.59. The van der Waals surface area contributed by atoms with Crippen LogP contribution >= 0.6 is 0 Å². The fraction of sp³-hybridized carbons (Fsp3) is 0. The summed E-state index contributed by atoms with van der Waals surface area (Å²) in [5, 5.41) is 43.3. The first-order valence-electron chi connectivity index (χ1n) is 4.93. The fourth-order valence-electron chi connectivity index (χ4n) is 1.08. The van der Waals surface area contributed by atoms with E-state index in [1.165, 1.54) is 30.3 Å². The van der Waals surface area contributed by atoms with Crippen LogP contribution in [-0.4, -0.2) is 15.8 Å². The molecule has 0 amide bonds. The van der Waals surface area contributed by atoms with Crippen molar-refractivity contribution in [3.8, 4) is 12.1 Å². The Morgan fingerprint density at radius 3 is 2.60 bits per heavy atom. The Labute approximate surface area is 111 Å². The molecule has 98 valence electrons. The lowest BCUT2D eigenvalue weighted by Crippen LogP contribution is -1.99. The average molecular weight is 271 g/mol. The second kappa shape index (κ2) is 6.37. The van der Waals surface area contributed by atoms with E-state index in [2.05, 4.69) is 10.2 Å². The molecule has 0 heterocycles. The van der Waals surface area contributed by atoms with Crippen LogP contribution in [0, 0.1) is 32.8 Å². The molecule has 9 heteroatoms. The molecule has 1 N–H and O–H groups in total. The van der Waals surface area contributed by atoms with Gasteiger partial charge in [-0.1, -0.05) is 6.07 Å². The highest BCUT2D eigenvalue weighted by molar-refractivity contribution is 6.07. The van der Waals surface area contributed by atoms with E-state index in [0.29, 0.717) is 0 Å². The zero-order valence-electron chi connectivity index (χ0n) is 9.72. The summed E-state index contributed by atoms with van der Waals surface area (Å²) in [7, 11) is 0. The van der Waals surface area contributed by atoms with Crippen LogP contribution in [0.15, 0.2) is 46.0 Å². The van der Waals surface area contributed by atoms with Crippen LogP contribution in [0.3, 0.4) is 0 Å². The van der Waals surface area contributed by atoms with E-state index >= 15 is 0 Å². The van der Waals surface area contributed by atoms with Crippen LogP contribution < -0.4 is 0 Å². The molecule has 0 fully saturated rings. The van der Waals surface area contributed by atoms with Gasteiger partial charge in [-0.3, -0.25) is 14.9 Å². The highest BCUT2D eigenvalue weighted by Crippen LogP contribution is 2.21. The largest absolute Gasteiger partial charge is 0.498 e. The molecule has 1 aromatic carbocycles. The first kappa shape index (κ1) is 14.5. The molecule has 20 heavy (non-hydrogen) atoms. The minimum absolute atomic E-state index is 0.0215. The van der Waals surface area contributed by atoms with Crippen LogP contribution in [-0.2, 0) is 4.79 Å². The van der Waals surface area contributed by atoms with Crippen LogP contribution in [0.2, 0.25) is 0 Å². The van der Waals surface area contributed by atoms with Crippen molar-refractivity contribution in [2.75, 3.05) is 0 Å². The predicted molar refractivity (Wildman–Crippen MR) is 63.5 cm³/mol. The maximum Gasteiger partial charge on any atom is 0.286 e. The summed E-state index contributed by atoms with van der Waals surface area (Å²) in [6.45, 7) is 0. The summed E-state index contributed by atoms with van der Waals surface area (Å²) < 4.78 is 0. The average Bonchev–Trinajstić information content (AvgIpc) is 2.46. The maximum atomic E-state index is 11.1. The van der Waals surface area contributed by atoms with Gasteiger partial charge in [0.15, 0.2) is 5.70 Å². The lowest BCUT2D eigenvalue weighted by atomic mass is 10.3.